The summed E-state index contributed by atoms with van der Waals surface area (Å²) < 4.78 is 0. The maximum atomic E-state index is 12.0. The zero-order valence-corrected chi connectivity index (χ0v) is 13.6. The second-order valence-electron chi connectivity index (χ2n) is 7.55. The Morgan fingerprint density at radius 1 is 1.24 bits per heavy atom. The van der Waals surface area contributed by atoms with Crippen molar-refractivity contribution in [2.75, 3.05) is 0 Å². The van der Waals surface area contributed by atoms with E-state index in [4.69, 9.17) is 0 Å². The summed E-state index contributed by atoms with van der Waals surface area (Å²) in [5.74, 6) is 0.932. The minimum Gasteiger partial charge on any atom is -0.353 e. The van der Waals surface area contributed by atoms with Crippen molar-refractivity contribution in [1.29, 1.82) is 0 Å². The highest BCUT2D eigenvalue weighted by Gasteiger charge is 2.25. The highest BCUT2D eigenvalue weighted by molar-refractivity contribution is 5.78. The average molecular weight is 288 g/mol. The molecule has 0 radical (unpaired) electrons. The average Bonchev–Trinajstić information content (AvgIpc) is 2.40. The number of carbonyl (C=O) groups is 1. The van der Waals surface area contributed by atoms with Crippen molar-refractivity contribution in [2.45, 2.75) is 65.3 Å². The standard InChI is InChI=1S/C18H28N2O/c1-18(2,3)13-14-7-9-15(10-8-14)20-17(21)12-16-6-4-5-11-19-16/h4-6,11,14-15H,7-10,12-13H2,1-3H3,(H,20,21). The molecule has 3 heteroatoms. The monoisotopic (exact) mass is 288 g/mol. The molecular formula is C18H28N2O. The number of rotatable bonds is 4. The topological polar surface area (TPSA) is 42.0 Å². The van der Waals surface area contributed by atoms with Crippen molar-refractivity contribution in [3.63, 3.8) is 0 Å². The number of hydrogen-bond donors (Lipinski definition) is 1. The van der Waals surface area contributed by atoms with Gasteiger partial charge in [0.25, 0.3) is 0 Å². The van der Waals surface area contributed by atoms with Crippen molar-refractivity contribution >= 4 is 5.91 Å². The minimum atomic E-state index is 0.105. The van der Waals surface area contributed by atoms with Crippen LogP contribution >= 0.6 is 0 Å². The molecule has 1 amide bonds. The lowest BCUT2D eigenvalue weighted by atomic mass is 9.76. The molecule has 0 atom stereocenters. The summed E-state index contributed by atoms with van der Waals surface area (Å²) in [4.78, 5) is 16.2. The predicted octanol–water partition coefficient (Wildman–Crippen LogP) is 3.74. The van der Waals surface area contributed by atoms with Crippen molar-refractivity contribution in [1.82, 2.24) is 10.3 Å². The number of pyridine rings is 1. The normalized spacial score (nSPS) is 22.8. The van der Waals surface area contributed by atoms with E-state index in [0.717, 1.165) is 24.5 Å². The Bertz CT molecular complexity index is 442. The van der Waals surface area contributed by atoms with Crippen LogP contribution in [0.4, 0.5) is 0 Å². The van der Waals surface area contributed by atoms with Gasteiger partial charge in [-0.05, 0) is 55.6 Å². The van der Waals surface area contributed by atoms with Crippen LogP contribution < -0.4 is 5.32 Å². The van der Waals surface area contributed by atoms with Crippen LogP contribution in [-0.2, 0) is 11.2 Å². The zero-order chi connectivity index (χ0) is 15.3. The van der Waals surface area contributed by atoms with E-state index in [-0.39, 0.29) is 5.91 Å². The van der Waals surface area contributed by atoms with Gasteiger partial charge < -0.3 is 5.32 Å². The molecule has 1 aliphatic carbocycles. The third kappa shape index (κ3) is 5.86. The highest BCUT2D eigenvalue weighted by atomic mass is 16.1. The van der Waals surface area contributed by atoms with Gasteiger partial charge in [-0.2, -0.15) is 0 Å². The van der Waals surface area contributed by atoms with Crippen LogP contribution in [0.5, 0.6) is 0 Å². The van der Waals surface area contributed by atoms with Gasteiger partial charge in [-0.3, -0.25) is 9.78 Å². The molecule has 0 saturated heterocycles. The molecule has 1 saturated carbocycles. The molecule has 2 rings (SSSR count). The van der Waals surface area contributed by atoms with E-state index in [1.165, 1.54) is 19.3 Å². The first-order valence-corrected chi connectivity index (χ1v) is 8.12. The van der Waals surface area contributed by atoms with Crippen LogP contribution in [-0.4, -0.2) is 16.9 Å². The van der Waals surface area contributed by atoms with E-state index < -0.39 is 0 Å². The van der Waals surface area contributed by atoms with Crippen LogP contribution in [0.3, 0.4) is 0 Å². The van der Waals surface area contributed by atoms with Crippen LogP contribution in [0.1, 0.15) is 58.6 Å². The summed E-state index contributed by atoms with van der Waals surface area (Å²) in [6, 6.07) is 6.06. The molecule has 0 unspecified atom stereocenters. The zero-order valence-electron chi connectivity index (χ0n) is 13.6. The lowest BCUT2D eigenvalue weighted by Gasteiger charge is -2.33. The van der Waals surface area contributed by atoms with Gasteiger partial charge in [0.15, 0.2) is 0 Å². The van der Waals surface area contributed by atoms with E-state index >= 15 is 0 Å². The molecule has 1 aliphatic rings. The Labute approximate surface area is 128 Å². The molecule has 1 aromatic rings. The van der Waals surface area contributed by atoms with E-state index in [0.29, 0.717) is 17.9 Å². The summed E-state index contributed by atoms with van der Waals surface area (Å²) >= 11 is 0. The Hall–Kier alpha value is -1.38. The van der Waals surface area contributed by atoms with Gasteiger partial charge in [0.1, 0.15) is 0 Å². The van der Waals surface area contributed by atoms with E-state index in [1.807, 2.05) is 18.2 Å². The fourth-order valence-electron chi connectivity index (χ4n) is 3.32. The molecule has 0 aromatic carbocycles. The Morgan fingerprint density at radius 2 is 1.95 bits per heavy atom. The van der Waals surface area contributed by atoms with Crippen molar-refractivity contribution in [2.24, 2.45) is 11.3 Å². The molecule has 0 spiro atoms. The molecule has 116 valence electrons. The summed E-state index contributed by atoms with van der Waals surface area (Å²) in [5.41, 5.74) is 1.26. The van der Waals surface area contributed by atoms with E-state index in [2.05, 4.69) is 31.1 Å². The molecule has 0 bridgehead atoms. The van der Waals surface area contributed by atoms with Gasteiger partial charge >= 0.3 is 0 Å². The molecular weight excluding hydrogens is 260 g/mol. The summed E-state index contributed by atoms with van der Waals surface area (Å²) in [5, 5.41) is 3.17. The molecule has 1 N–H and O–H groups in total. The van der Waals surface area contributed by atoms with E-state index in [1.54, 1.807) is 6.20 Å². The summed E-state index contributed by atoms with van der Waals surface area (Å²) in [7, 11) is 0. The summed E-state index contributed by atoms with van der Waals surface area (Å²) in [6.45, 7) is 6.94. The Kier molecular flexibility index (Phi) is 5.38. The predicted molar refractivity (Wildman–Crippen MR) is 85.9 cm³/mol. The quantitative estimate of drug-likeness (QED) is 0.917. The first-order chi connectivity index (χ1) is 9.92. The van der Waals surface area contributed by atoms with E-state index in [9.17, 15) is 4.79 Å². The maximum Gasteiger partial charge on any atom is 0.226 e. The van der Waals surface area contributed by atoms with Gasteiger partial charge in [0, 0.05) is 17.9 Å². The highest BCUT2D eigenvalue weighted by Crippen LogP contribution is 2.34. The molecule has 3 nitrogen and oxygen atoms in total. The number of hydrogen-bond acceptors (Lipinski definition) is 2. The Morgan fingerprint density at radius 3 is 2.52 bits per heavy atom. The lowest BCUT2D eigenvalue weighted by Crippen LogP contribution is -2.38. The number of nitrogens with zero attached hydrogens (tertiary/aromatic N) is 1. The molecule has 21 heavy (non-hydrogen) atoms. The van der Waals surface area contributed by atoms with Gasteiger partial charge in [-0.15, -0.1) is 0 Å². The smallest absolute Gasteiger partial charge is 0.226 e. The third-order valence-electron chi connectivity index (χ3n) is 4.18. The van der Waals surface area contributed by atoms with Crippen LogP contribution in [0, 0.1) is 11.3 Å². The molecule has 0 aliphatic heterocycles. The van der Waals surface area contributed by atoms with Crippen molar-refractivity contribution in [3.8, 4) is 0 Å². The minimum absolute atomic E-state index is 0.105. The largest absolute Gasteiger partial charge is 0.353 e. The molecule has 1 fully saturated rings. The molecule has 1 heterocycles. The number of aromatic nitrogens is 1. The van der Waals surface area contributed by atoms with Gasteiger partial charge in [-0.1, -0.05) is 26.8 Å². The fourth-order valence-corrected chi connectivity index (χ4v) is 3.32. The van der Waals surface area contributed by atoms with Crippen LogP contribution in [0.2, 0.25) is 0 Å². The second-order valence-corrected chi connectivity index (χ2v) is 7.55. The lowest BCUT2D eigenvalue weighted by molar-refractivity contribution is -0.121. The van der Waals surface area contributed by atoms with Crippen molar-refractivity contribution < 1.29 is 4.79 Å². The Balaban J connectivity index is 1.72. The first kappa shape index (κ1) is 16.0. The van der Waals surface area contributed by atoms with Gasteiger partial charge in [-0.25, -0.2) is 0 Å². The van der Waals surface area contributed by atoms with Crippen LogP contribution in [0.25, 0.3) is 0 Å². The summed E-state index contributed by atoms with van der Waals surface area (Å²) in [6.07, 6.45) is 8.14. The second kappa shape index (κ2) is 7.06. The first-order valence-electron chi connectivity index (χ1n) is 8.12. The van der Waals surface area contributed by atoms with Crippen LogP contribution in [0.15, 0.2) is 24.4 Å². The van der Waals surface area contributed by atoms with Gasteiger partial charge in [0.05, 0.1) is 6.42 Å². The SMILES string of the molecule is CC(C)(C)CC1CCC(NC(=O)Cc2ccccn2)CC1. The number of nitrogens with one attached hydrogen (secondary N) is 1. The fraction of sp³-hybridized carbons (Fsp3) is 0.667. The number of amides is 1. The number of carbonyl (C=O) groups excluding carboxylic acids is 1. The maximum absolute atomic E-state index is 12.0. The third-order valence-corrected chi connectivity index (χ3v) is 4.18. The van der Waals surface area contributed by atoms with Gasteiger partial charge in [0.2, 0.25) is 5.91 Å². The molecule has 1 aromatic heterocycles. The van der Waals surface area contributed by atoms with Crippen molar-refractivity contribution in [3.05, 3.63) is 30.1 Å².